The lowest BCUT2D eigenvalue weighted by Gasteiger charge is -2.15. The second kappa shape index (κ2) is 10.1. The molecule has 138 valence electrons. The number of hydrogen-bond donors (Lipinski definition) is 0. The number of rotatable bonds is 9. The van der Waals surface area contributed by atoms with Crippen molar-refractivity contribution in [2.24, 2.45) is 5.92 Å². The molecule has 1 atom stereocenters. The predicted octanol–water partition coefficient (Wildman–Crippen LogP) is 4.48. The lowest BCUT2D eigenvalue weighted by Crippen LogP contribution is -2.28. The Hall–Kier alpha value is -3.19. The number of ketones is 1. The first-order valence-corrected chi connectivity index (χ1v) is 8.99. The van der Waals surface area contributed by atoms with Gasteiger partial charge < -0.3 is 4.74 Å². The summed E-state index contributed by atoms with van der Waals surface area (Å²) < 4.78 is 5.08. The van der Waals surface area contributed by atoms with Gasteiger partial charge in [-0.05, 0) is 42.5 Å². The number of nitriles is 1. The number of allylic oxidation sites excluding steroid dienone is 1. The summed E-state index contributed by atoms with van der Waals surface area (Å²) in [6.07, 6.45) is 2.79. The minimum Gasteiger partial charge on any atom is -0.465 e. The molecule has 0 heterocycles. The summed E-state index contributed by atoms with van der Waals surface area (Å²) in [6.45, 7) is 5.59. The molecule has 27 heavy (non-hydrogen) atoms. The smallest absolute Gasteiger partial charge is 0.316 e. The summed E-state index contributed by atoms with van der Waals surface area (Å²) in [5.41, 5.74) is 3.25. The highest BCUT2D eigenvalue weighted by atomic mass is 16.5. The normalized spacial score (nSPS) is 11.3. The zero-order valence-electron chi connectivity index (χ0n) is 15.5. The van der Waals surface area contributed by atoms with E-state index in [0.29, 0.717) is 18.4 Å². The lowest BCUT2D eigenvalue weighted by molar-refractivity contribution is -0.151. The van der Waals surface area contributed by atoms with Crippen LogP contribution in [0.1, 0.15) is 30.9 Å². The summed E-state index contributed by atoms with van der Waals surface area (Å²) >= 11 is 0. The van der Waals surface area contributed by atoms with E-state index in [4.69, 9.17) is 4.74 Å². The van der Waals surface area contributed by atoms with E-state index in [9.17, 15) is 14.9 Å². The summed E-state index contributed by atoms with van der Waals surface area (Å²) in [4.78, 5) is 24.6. The van der Waals surface area contributed by atoms with Gasteiger partial charge in [0.15, 0.2) is 0 Å². The van der Waals surface area contributed by atoms with Gasteiger partial charge in [-0.2, -0.15) is 5.26 Å². The molecule has 0 aliphatic rings. The molecule has 2 aromatic carbocycles. The standard InChI is InChI=1S/C23H23NO3/c1-3-5-10-22(25)21(23(26)27-4-2)15-17-11-13-18(14-12-17)20-9-7-6-8-19(20)16-24/h3,6-9,11-14,21H,1,4-5,10,15H2,2H3. The molecule has 0 N–H and O–H groups in total. The van der Waals surface area contributed by atoms with Crippen LogP contribution in [0.25, 0.3) is 11.1 Å². The zero-order valence-corrected chi connectivity index (χ0v) is 15.5. The molecule has 0 amide bonds. The first kappa shape index (κ1) is 20.1. The molecule has 0 aromatic heterocycles. The van der Waals surface area contributed by atoms with Crippen molar-refractivity contribution >= 4 is 11.8 Å². The first-order chi connectivity index (χ1) is 13.1. The van der Waals surface area contributed by atoms with E-state index in [1.54, 1.807) is 19.1 Å². The number of hydrogen-bond acceptors (Lipinski definition) is 4. The van der Waals surface area contributed by atoms with E-state index >= 15 is 0 Å². The van der Waals surface area contributed by atoms with E-state index in [1.165, 1.54) is 0 Å². The van der Waals surface area contributed by atoms with Crippen LogP contribution in [0.5, 0.6) is 0 Å². The SMILES string of the molecule is C=CCCC(=O)C(Cc1ccc(-c2ccccc2C#N)cc1)C(=O)OCC. The second-order valence-electron chi connectivity index (χ2n) is 6.16. The van der Waals surface area contributed by atoms with Crippen molar-refractivity contribution in [2.45, 2.75) is 26.2 Å². The van der Waals surface area contributed by atoms with Gasteiger partial charge in [0.2, 0.25) is 0 Å². The number of benzene rings is 2. The van der Waals surface area contributed by atoms with Crippen molar-refractivity contribution < 1.29 is 14.3 Å². The minimum absolute atomic E-state index is 0.132. The molecule has 0 radical (unpaired) electrons. The van der Waals surface area contributed by atoms with Crippen LogP contribution in [-0.2, 0) is 20.7 Å². The van der Waals surface area contributed by atoms with Crippen LogP contribution in [0.3, 0.4) is 0 Å². The van der Waals surface area contributed by atoms with Crippen LogP contribution in [0.4, 0.5) is 0 Å². The van der Waals surface area contributed by atoms with E-state index in [2.05, 4.69) is 12.6 Å². The molecule has 0 spiro atoms. The number of carbonyl (C=O) groups is 2. The molecule has 4 nitrogen and oxygen atoms in total. The van der Waals surface area contributed by atoms with Gasteiger partial charge in [0.1, 0.15) is 11.7 Å². The van der Waals surface area contributed by atoms with Crippen molar-refractivity contribution in [3.05, 3.63) is 72.3 Å². The largest absolute Gasteiger partial charge is 0.465 e. The van der Waals surface area contributed by atoms with Crippen LogP contribution < -0.4 is 0 Å². The average molecular weight is 361 g/mol. The van der Waals surface area contributed by atoms with Crippen LogP contribution in [0.15, 0.2) is 61.2 Å². The minimum atomic E-state index is -0.804. The van der Waals surface area contributed by atoms with E-state index < -0.39 is 11.9 Å². The van der Waals surface area contributed by atoms with Gasteiger partial charge in [0.05, 0.1) is 18.2 Å². The number of Topliss-reactive ketones (excluding diaryl/α,β-unsaturated/α-hetero) is 1. The summed E-state index contributed by atoms with van der Waals surface area (Å²) in [7, 11) is 0. The van der Waals surface area contributed by atoms with Crippen molar-refractivity contribution in [3.8, 4) is 17.2 Å². The highest BCUT2D eigenvalue weighted by Gasteiger charge is 2.27. The molecule has 1 unspecified atom stereocenters. The molecule has 0 aliphatic heterocycles. The maximum Gasteiger partial charge on any atom is 0.316 e. The molecule has 2 rings (SSSR count). The molecule has 0 aliphatic carbocycles. The highest BCUT2D eigenvalue weighted by molar-refractivity contribution is 5.99. The molecular formula is C23H23NO3. The highest BCUT2D eigenvalue weighted by Crippen LogP contribution is 2.24. The van der Waals surface area contributed by atoms with Gasteiger partial charge >= 0.3 is 5.97 Å². The quantitative estimate of drug-likeness (QED) is 0.375. The van der Waals surface area contributed by atoms with Crippen LogP contribution in [0.2, 0.25) is 0 Å². The predicted molar refractivity (Wildman–Crippen MR) is 105 cm³/mol. The van der Waals surface area contributed by atoms with Gasteiger partial charge in [-0.3, -0.25) is 9.59 Å². The Bertz CT molecular complexity index is 847. The van der Waals surface area contributed by atoms with Crippen molar-refractivity contribution in [1.29, 1.82) is 5.26 Å². The summed E-state index contributed by atoms with van der Waals surface area (Å²) in [6, 6.07) is 17.2. The van der Waals surface area contributed by atoms with Gasteiger partial charge in [-0.25, -0.2) is 0 Å². The van der Waals surface area contributed by atoms with E-state index in [-0.39, 0.29) is 18.8 Å². The zero-order chi connectivity index (χ0) is 19.6. The van der Waals surface area contributed by atoms with Gasteiger partial charge in [-0.15, -0.1) is 6.58 Å². The fourth-order valence-corrected chi connectivity index (χ4v) is 2.88. The Morgan fingerprint density at radius 3 is 2.52 bits per heavy atom. The van der Waals surface area contributed by atoms with E-state index in [1.807, 2.05) is 42.5 Å². The molecule has 4 heteroatoms. The topological polar surface area (TPSA) is 67.2 Å². The number of ether oxygens (including phenoxy) is 1. The molecule has 0 fully saturated rings. The Balaban J connectivity index is 2.20. The Morgan fingerprint density at radius 2 is 1.89 bits per heavy atom. The lowest BCUT2D eigenvalue weighted by atomic mass is 9.91. The third-order valence-corrected chi connectivity index (χ3v) is 4.31. The fourth-order valence-electron chi connectivity index (χ4n) is 2.88. The van der Waals surface area contributed by atoms with Gasteiger partial charge in [0.25, 0.3) is 0 Å². The Morgan fingerprint density at radius 1 is 1.19 bits per heavy atom. The molecular weight excluding hydrogens is 338 g/mol. The monoisotopic (exact) mass is 361 g/mol. The van der Waals surface area contributed by atoms with Crippen LogP contribution >= 0.6 is 0 Å². The van der Waals surface area contributed by atoms with Crippen molar-refractivity contribution in [1.82, 2.24) is 0 Å². The average Bonchev–Trinajstić information content (AvgIpc) is 2.70. The Kier molecular flexibility index (Phi) is 7.51. The first-order valence-electron chi connectivity index (χ1n) is 8.99. The van der Waals surface area contributed by atoms with Crippen molar-refractivity contribution in [2.75, 3.05) is 6.61 Å². The molecule has 2 aromatic rings. The number of esters is 1. The maximum absolute atomic E-state index is 12.4. The van der Waals surface area contributed by atoms with Gasteiger partial charge in [0, 0.05) is 6.42 Å². The molecule has 0 bridgehead atoms. The van der Waals surface area contributed by atoms with Gasteiger partial charge in [-0.1, -0.05) is 48.5 Å². The molecule has 0 saturated carbocycles. The Labute approximate surface area is 160 Å². The summed E-state index contributed by atoms with van der Waals surface area (Å²) in [5, 5.41) is 9.25. The van der Waals surface area contributed by atoms with Crippen molar-refractivity contribution in [3.63, 3.8) is 0 Å². The molecule has 0 saturated heterocycles. The van der Waals surface area contributed by atoms with E-state index in [0.717, 1.165) is 16.7 Å². The van der Waals surface area contributed by atoms with Crippen LogP contribution in [0, 0.1) is 17.2 Å². The summed E-state index contributed by atoms with van der Waals surface area (Å²) in [5.74, 6) is -1.42. The fraction of sp³-hybridized carbons (Fsp3) is 0.261. The third kappa shape index (κ3) is 5.39. The number of nitrogens with zero attached hydrogens (tertiary/aromatic N) is 1. The third-order valence-electron chi connectivity index (χ3n) is 4.31. The number of carbonyl (C=O) groups excluding carboxylic acids is 2. The maximum atomic E-state index is 12.4. The van der Waals surface area contributed by atoms with Crippen LogP contribution in [-0.4, -0.2) is 18.4 Å². The second-order valence-corrected chi connectivity index (χ2v) is 6.16.